The van der Waals surface area contributed by atoms with Crippen LogP contribution in [0, 0.1) is 0 Å². The van der Waals surface area contributed by atoms with E-state index < -0.39 is 0 Å². The largest absolute Gasteiger partial charge is 0.381 e. The number of carbonyl (C=O) groups is 1. The lowest BCUT2D eigenvalue weighted by Gasteiger charge is -2.17. The van der Waals surface area contributed by atoms with Gasteiger partial charge in [0, 0.05) is 30.7 Å². The van der Waals surface area contributed by atoms with Crippen molar-refractivity contribution in [1.82, 2.24) is 15.1 Å². The SMILES string of the molecule is C[C@H](CNC(=O)c1ccccc1-n1cccn1)Nc1ccccc1. The van der Waals surface area contributed by atoms with E-state index in [9.17, 15) is 4.79 Å². The van der Waals surface area contributed by atoms with Gasteiger partial charge in [-0.25, -0.2) is 4.68 Å². The Hall–Kier alpha value is -3.08. The average molecular weight is 320 g/mol. The Labute approximate surface area is 141 Å². The number of anilines is 1. The molecule has 0 aliphatic heterocycles. The number of hydrogen-bond acceptors (Lipinski definition) is 3. The van der Waals surface area contributed by atoms with E-state index in [-0.39, 0.29) is 11.9 Å². The minimum absolute atomic E-state index is 0.109. The molecule has 0 unspecified atom stereocenters. The van der Waals surface area contributed by atoms with Crippen LogP contribution in [0.1, 0.15) is 17.3 Å². The quantitative estimate of drug-likeness (QED) is 0.734. The second-order valence-corrected chi connectivity index (χ2v) is 5.59. The molecule has 3 rings (SSSR count). The smallest absolute Gasteiger partial charge is 0.253 e. The molecule has 5 nitrogen and oxygen atoms in total. The summed E-state index contributed by atoms with van der Waals surface area (Å²) < 4.78 is 1.70. The number of carbonyl (C=O) groups excluding carboxylic acids is 1. The zero-order valence-electron chi connectivity index (χ0n) is 13.5. The molecule has 1 atom stereocenters. The van der Waals surface area contributed by atoms with E-state index in [0.717, 1.165) is 11.4 Å². The molecule has 2 aromatic carbocycles. The highest BCUT2D eigenvalue weighted by molar-refractivity contribution is 5.97. The van der Waals surface area contributed by atoms with Crippen LogP contribution in [0.4, 0.5) is 5.69 Å². The van der Waals surface area contributed by atoms with Gasteiger partial charge in [0.25, 0.3) is 5.91 Å². The summed E-state index contributed by atoms with van der Waals surface area (Å²) in [5, 5.41) is 10.5. The second-order valence-electron chi connectivity index (χ2n) is 5.59. The first-order valence-electron chi connectivity index (χ1n) is 7.93. The molecule has 0 saturated carbocycles. The Morgan fingerprint density at radius 3 is 2.58 bits per heavy atom. The fourth-order valence-corrected chi connectivity index (χ4v) is 2.49. The highest BCUT2D eigenvalue weighted by Gasteiger charge is 2.13. The van der Waals surface area contributed by atoms with Gasteiger partial charge < -0.3 is 10.6 Å². The van der Waals surface area contributed by atoms with Gasteiger partial charge in [-0.15, -0.1) is 0 Å². The molecule has 0 fully saturated rings. The molecule has 1 amide bonds. The van der Waals surface area contributed by atoms with Crippen molar-refractivity contribution < 1.29 is 4.79 Å². The first-order chi connectivity index (χ1) is 11.7. The summed E-state index contributed by atoms with van der Waals surface area (Å²) in [6.45, 7) is 2.56. The molecule has 1 heterocycles. The van der Waals surface area contributed by atoms with Gasteiger partial charge in [-0.2, -0.15) is 5.10 Å². The Morgan fingerprint density at radius 1 is 1.08 bits per heavy atom. The van der Waals surface area contributed by atoms with Crippen molar-refractivity contribution in [2.75, 3.05) is 11.9 Å². The van der Waals surface area contributed by atoms with Gasteiger partial charge in [0.15, 0.2) is 0 Å². The van der Waals surface area contributed by atoms with E-state index >= 15 is 0 Å². The number of nitrogens with one attached hydrogen (secondary N) is 2. The normalized spacial score (nSPS) is 11.7. The maximum absolute atomic E-state index is 12.5. The van der Waals surface area contributed by atoms with E-state index in [4.69, 9.17) is 0 Å². The maximum atomic E-state index is 12.5. The summed E-state index contributed by atoms with van der Waals surface area (Å²) in [5.41, 5.74) is 2.41. The lowest BCUT2D eigenvalue weighted by atomic mass is 10.1. The molecule has 0 saturated heterocycles. The summed E-state index contributed by atoms with van der Waals surface area (Å²) in [7, 11) is 0. The lowest BCUT2D eigenvalue weighted by molar-refractivity contribution is 0.0952. The monoisotopic (exact) mass is 320 g/mol. The molecule has 2 N–H and O–H groups in total. The van der Waals surface area contributed by atoms with Crippen molar-refractivity contribution in [1.29, 1.82) is 0 Å². The average Bonchev–Trinajstić information content (AvgIpc) is 3.15. The molecule has 0 bridgehead atoms. The van der Waals surface area contributed by atoms with Crippen molar-refractivity contribution in [3.63, 3.8) is 0 Å². The molecule has 0 aliphatic rings. The van der Waals surface area contributed by atoms with Gasteiger partial charge in [0.05, 0.1) is 11.3 Å². The third-order valence-corrected chi connectivity index (χ3v) is 3.66. The van der Waals surface area contributed by atoms with Crippen LogP contribution in [0.3, 0.4) is 0 Å². The summed E-state index contributed by atoms with van der Waals surface area (Å²) in [6.07, 6.45) is 3.52. The van der Waals surface area contributed by atoms with Crippen molar-refractivity contribution in [2.45, 2.75) is 13.0 Å². The zero-order valence-corrected chi connectivity index (χ0v) is 13.5. The number of nitrogens with zero attached hydrogens (tertiary/aromatic N) is 2. The summed E-state index contributed by atoms with van der Waals surface area (Å²) in [4.78, 5) is 12.5. The number of rotatable bonds is 6. The Morgan fingerprint density at radius 2 is 1.83 bits per heavy atom. The molecule has 1 aromatic heterocycles. The first-order valence-corrected chi connectivity index (χ1v) is 7.93. The highest BCUT2D eigenvalue weighted by Crippen LogP contribution is 2.13. The van der Waals surface area contributed by atoms with E-state index in [2.05, 4.69) is 15.7 Å². The van der Waals surface area contributed by atoms with Crippen LogP contribution < -0.4 is 10.6 Å². The van der Waals surface area contributed by atoms with Crippen molar-refractivity contribution in [2.24, 2.45) is 0 Å². The molecule has 0 spiro atoms. The van der Waals surface area contributed by atoms with E-state index in [1.54, 1.807) is 10.9 Å². The Kier molecular flexibility index (Phi) is 4.91. The molecule has 0 radical (unpaired) electrons. The fraction of sp³-hybridized carbons (Fsp3) is 0.158. The molecule has 122 valence electrons. The van der Waals surface area contributed by atoms with Crippen molar-refractivity contribution >= 4 is 11.6 Å². The number of benzene rings is 2. The lowest BCUT2D eigenvalue weighted by Crippen LogP contribution is -2.35. The summed E-state index contributed by atoms with van der Waals surface area (Å²) in [5.74, 6) is -0.109. The fourth-order valence-electron chi connectivity index (χ4n) is 2.49. The van der Waals surface area contributed by atoms with Gasteiger partial charge in [-0.3, -0.25) is 4.79 Å². The first kappa shape index (κ1) is 15.8. The summed E-state index contributed by atoms with van der Waals surface area (Å²) >= 11 is 0. The number of hydrogen-bond donors (Lipinski definition) is 2. The minimum atomic E-state index is -0.109. The van der Waals surface area contributed by atoms with Gasteiger partial charge >= 0.3 is 0 Å². The molecular formula is C19H20N4O. The zero-order chi connectivity index (χ0) is 16.8. The minimum Gasteiger partial charge on any atom is -0.381 e. The van der Waals surface area contributed by atoms with Crippen LogP contribution in [-0.2, 0) is 0 Å². The van der Waals surface area contributed by atoms with E-state index in [0.29, 0.717) is 12.1 Å². The van der Waals surface area contributed by atoms with Gasteiger partial charge in [-0.05, 0) is 37.3 Å². The third-order valence-electron chi connectivity index (χ3n) is 3.66. The van der Waals surface area contributed by atoms with E-state index in [1.807, 2.05) is 73.8 Å². The van der Waals surface area contributed by atoms with Crippen LogP contribution in [0.15, 0.2) is 73.1 Å². The predicted octanol–water partition coefficient (Wildman–Crippen LogP) is 3.10. The Bertz CT molecular complexity index is 784. The predicted molar refractivity (Wildman–Crippen MR) is 95.4 cm³/mol. The van der Waals surface area contributed by atoms with Crippen LogP contribution in [-0.4, -0.2) is 28.3 Å². The summed E-state index contributed by atoms with van der Waals surface area (Å²) in [6, 6.07) is 19.3. The van der Waals surface area contributed by atoms with Crippen molar-refractivity contribution in [3.8, 4) is 5.69 Å². The molecular weight excluding hydrogens is 300 g/mol. The van der Waals surface area contributed by atoms with Gasteiger partial charge in [-0.1, -0.05) is 30.3 Å². The maximum Gasteiger partial charge on any atom is 0.253 e. The van der Waals surface area contributed by atoms with E-state index in [1.165, 1.54) is 0 Å². The van der Waals surface area contributed by atoms with Gasteiger partial charge in [0.1, 0.15) is 0 Å². The topological polar surface area (TPSA) is 59.0 Å². The molecule has 3 aromatic rings. The number of aromatic nitrogens is 2. The van der Waals surface area contributed by atoms with Crippen LogP contribution in [0.2, 0.25) is 0 Å². The molecule has 0 aliphatic carbocycles. The standard InChI is InChI=1S/C19H20N4O/c1-15(22-16-8-3-2-4-9-16)14-20-19(24)17-10-5-6-11-18(17)23-13-7-12-21-23/h2-13,15,22H,14H2,1H3,(H,20,24)/t15-/m1/s1. The van der Waals surface area contributed by atoms with Crippen LogP contribution in [0.5, 0.6) is 0 Å². The van der Waals surface area contributed by atoms with Crippen molar-refractivity contribution in [3.05, 3.63) is 78.6 Å². The number of para-hydroxylation sites is 2. The highest BCUT2D eigenvalue weighted by atomic mass is 16.1. The second kappa shape index (κ2) is 7.46. The Balaban J connectivity index is 1.64. The van der Waals surface area contributed by atoms with Crippen LogP contribution >= 0.6 is 0 Å². The molecule has 5 heteroatoms. The van der Waals surface area contributed by atoms with Gasteiger partial charge in [0.2, 0.25) is 0 Å². The van der Waals surface area contributed by atoms with Crippen LogP contribution in [0.25, 0.3) is 5.69 Å². The number of amides is 1. The molecule has 24 heavy (non-hydrogen) atoms. The third kappa shape index (κ3) is 3.81.